The first kappa shape index (κ1) is 18.2. The Labute approximate surface area is 155 Å². The molecule has 5 nitrogen and oxygen atoms in total. The smallest absolute Gasteiger partial charge is 0.250 e. The van der Waals surface area contributed by atoms with Crippen LogP contribution in [-0.4, -0.2) is 37.1 Å². The van der Waals surface area contributed by atoms with Crippen LogP contribution < -0.4 is 9.72 Å². The lowest BCUT2D eigenvalue weighted by Crippen LogP contribution is -2.32. The molecule has 0 fully saturated rings. The number of likely N-dealkylation sites (N-methyl/N-ethyl adjacent to an activating group) is 1. The predicted molar refractivity (Wildman–Crippen MR) is 107 cm³/mol. The lowest BCUT2D eigenvalue weighted by molar-refractivity contribution is -0.465. The second-order valence-corrected chi connectivity index (χ2v) is 7.10. The zero-order chi connectivity index (χ0) is 18.7. The summed E-state index contributed by atoms with van der Waals surface area (Å²) in [5.74, 6) is 1.12. The van der Waals surface area contributed by atoms with Crippen LogP contribution in [0, 0.1) is 18.3 Å². The molecule has 1 aromatic carbocycles. The molecule has 0 unspecified atom stereocenters. The third-order valence-corrected chi connectivity index (χ3v) is 4.94. The number of H-pyrrole nitrogens is 1. The van der Waals surface area contributed by atoms with Crippen molar-refractivity contribution in [1.82, 2.24) is 9.88 Å². The summed E-state index contributed by atoms with van der Waals surface area (Å²) in [6.45, 7) is 6.10. The molecule has 0 saturated carbocycles. The van der Waals surface area contributed by atoms with E-state index < -0.39 is 0 Å². The van der Waals surface area contributed by atoms with Crippen LogP contribution in [0.4, 0.5) is 5.82 Å². The summed E-state index contributed by atoms with van der Waals surface area (Å²) < 4.78 is 2.20. The number of unbranched alkanes of at least 4 members (excludes halogenated alkanes) is 1. The Morgan fingerprint density at radius 2 is 2.04 bits per heavy atom. The van der Waals surface area contributed by atoms with Gasteiger partial charge in [-0.15, -0.1) is 0 Å². The molecule has 2 N–H and O–H groups in total. The Morgan fingerprint density at radius 3 is 2.73 bits per heavy atom. The van der Waals surface area contributed by atoms with Crippen LogP contribution in [-0.2, 0) is 6.42 Å². The van der Waals surface area contributed by atoms with Crippen LogP contribution >= 0.6 is 0 Å². The molecule has 0 aliphatic heterocycles. The largest absolute Gasteiger partial charge is 0.306 e. The third kappa shape index (κ3) is 3.25. The van der Waals surface area contributed by atoms with Crippen molar-refractivity contribution in [3.63, 3.8) is 0 Å². The van der Waals surface area contributed by atoms with Crippen LogP contribution in [0.15, 0.2) is 24.3 Å². The standard InChI is InChI=1S/C21H27N5/c1-5-6-9-16-15(2)17(14-22)21-24-18-10-7-8-11-19(18)26(21)20(16)23-12-13-25(3)4/h7-8,10-11H,5-6,9,12-13H2,1-4H3,(H,23,24)/p+1. The van der Waals surface area contributed by atoms with Gasteiger partial charge in [0.15, 0.2) is 0 Å². The number of hydrogen-bond acceptors (Lipinski definition) is 3. The van der Waals surface area contributed by atoms with E-state index in [4.69, 9.17) is 0 Å². The van der Waals surface area contributed by atoms with Gasteiger partial charge in [-0.3, -0.25) is 4.98 Å². The number of benzene rings is 1. The van der Waals surface area contributed by atoms with Crippen molar-refractivity contribution in [3.8, 4) is 6.07 Å². The molecule has 2 heterocycles. The van der Waals surface area contributed by atoms with Crippen molar-refractivity contribution in [1.29, 1.82) is 5.26 Å². The summed E-state index contributed by atoms with van der Waals surface area (Å²) in [4.78, 5) is 5.62. The number of nitrogens with zero attached hydrogens (tertiary/aromatic N) is 3. The Morgan fingerprint density at radius 1 is 1.27 bits per heavy atom. The highest BCUT2D eigenvalue weighted by atomic mass is 15.1. The van der Waals surface area contributed by atoms with Gasteiger partial charge in [-0.1, -0.05) is 25.5 Å². The molecular weight excluding hydrogens is 322 g/mol. The van der Waals surface area contributed by atoms with Gasteiger partial charge in [-0.25, -0.2) is 0 Å². The van der Waals surface area contributed by atoms with Gasteiger partial charge in [0.25, 0.3) is 0 Å². The predicted octanol–water partition coefficient (Wildman–Crippen LogP) is 3.40. The van der Waals surface area contributed by atoms with Crippen LogP contribution in [0.3, 0.4) is 0 Å². The van der Waals surface area contributed by atoms with E-state index in [0.29, 0.717) is 0 Å². The molecule has 0 aliphatic rings. The van der Waals surface area contributed by atoms with E-state index in [-0.39, 0.29) is 0 Å². The molecular formula is C21H28N5+. The quantitative estimate of drug-likeness (QED) is 0.642. The molecule has 0 atom stereocenters. The van der Waals surface area contributed by atoms with Crippen LogP contribution in [0.5, 0.6) is 0 Å². The van der Waals surface area contributed by atoms with Gasteiger partial charge in [-0.2, -0.15) is 9.66 Å². The Bertz CT molecular complexity index is 962. The van der Waals surface area contributed by atoms with Crippen molar-refractivity contribution < 1.29 is 4.40 Å². The van der Waals surface area contributed by atoms with Crippen molar-refractivity contribution in [3.05, 3.63) is 41.0 Å². The zero-order valence-electron chi connectivity index (χ0n) is 16.2. The molecule has 2 aromatic heterocycles. The number of fused-ring (bicyclic) bond motifs is 3. The molecule has 5 heteroatoms. The summed E-state index contributed by atoms with van der Waals surface area (Å²) in [5, 5.41) is 13.5. The maximum atomic E-state index is 9.82. The first-order valence-electron chi connectivity index (χ1n) is 9.35. The average Bonchev–Trinajstić information content (AvgIpc) is 3.00. The number of hydrogen-bond donors (Lipinski definition) is 2. The number of para-hydroxylation sites is 2. The Hall–Kier alpha value is -2.58. The third-order valence-electron chi connectivity index (χ3n) is 4.94. The lowest BCUT2D eigenvalue weighted by Gasteiger charge is -2.15. The number of aromatic amines is 1. The van der Waals surface area contributed by atoms with Crippen LogP contribution in [0.2, 0.25) is 0 Å². The Balaban J connectivity index is 2.28. The molecule has 0 radical (unpaired) electrons. The van der Waals surface area contributed by atoms with E-state index >= 15 is 0 Å². The number of pyridine rings is 1. The molecule has 3 aromatic rings. The van der Waals surface area contributed by atoms with Crippen molar-refractivity contribution >= 4 is 22.5 Å². The molecule has 136 valence electrons. The van der Waals surface area contributed by atoms with E-state index in [9.17, 15) is 5.26 Å². The van der Waals surface area contributed by atoms with Gasteiger partial charge in [0.2, 0.25) is 11.5 Å². The van der Waals surface area contributed by atoms with E-state index in [2.05, 4.69) is 65.7 Å². The summed E-state index contributed by atoms with van der Waals surface area (Å²) >= 11 is 0. The highest BCUT2D eigenvalue weighted by molar-refractivity contribution is 5.78. The molecule has 0 aliphatic carbocycles. The topological polar surface area (TPSA) is 59.0 Å². The zero-order valence-corrected chi connectivity index (χ0v) is 16.2. The van der Waals surface area contributed by atoms with Gasteiger partial charge in [-0.05, 0) is 51.6 Å². The number of aromatic nitrogens is 2. The molecule has 0 spiro atoms. The summed E-state index contributed by atoms with van der Waals surface area (Å²) in [7, 11) is 4.16. The van der Waals surface area contributed by atoms with Crippen molar-refractivity contribution in [2.24, 2.45) is 0 Å². The second-order valence-electron chi connectivity index (χ2n) is 7.10. The van der Waals surface area contributed by atoms with Gasteiger partial charge in [0, 0.05) is 12.1 Å². The van der Waals surface area contributed by atoms with Gasteiger partial charge in [0.05, 0.1) is 6.54 Å². The van der Waals surface area contributed by atoms with Crippen LogP contribution in [0.1, 0.15) is 36.5 Å². The van der Waals surface area contributed by atoms with E-state index in [0.717, 1.165) is 66.0 Å². The average molecular weight is 350 g/mol. The SMILES string of the molecule is CCCCc1c(C)c(C#N)c2[nH]c3ccccc3[n+]2c1NCCN(C)C. The molecule has 0 bridgehead atoms. The monoisotopic (exact) mass is 350 g/mol. The van der Waals surface area contributed by atoms with Gasteiger partial charge >= 0.3 is 0 Å². The van der Waals surface area contributed by atoms with Crippen molar-refractivity contribution in [2.75, 3.05) is 32.5 Å². The molecule has 3 rings (SSSR count). The highest BCUT2D eigenvalue weighted by Crippen LogP contribution is 2.26. The van der Waals surface area contributed by atoms with Gasteiger partial charge in [0.1, 0.15) is 22.7 Å². The van der Waals surface area contributed by atoms with Crippen LogP contribution in [0.25, 0.3) is 16.7 Å². The number of anilines is 1. The fourth-order valence-electron chi connectivity index (χ4n) is 3.51. The number of imidazole rings is 1. The fourth-order valence-corrected chi connectivity index (χ4v) is 3.51. The minimum atomic E-state index is 0.741. The summed E-state index contributed by atoms with van der Waals surface area (Å²) in [5.41, 5.74) is 6.10. The normalized spacial score (nSPS) is 11.4. The van der Waals surface area contributed by atoms with Gasteiger partial charge < -0.3 is 10.2 Å². The van der Waals surface area contributed by atoms with Crippen molar-refractivity contribution in [2.45, 2.75) is 33.1 Å². The molecule has 0 amide bonds. The second kappa shape index (κ2) is 7.76. The number of nitrogens with one attached hydrogen (secondary N) is 2. The summed E-state index contributed by atoms with van der Waals surface area (Å²) in [6.07, 6.45) is 3.22. The first-order chi connectivity index (χ1) is 12.6. The Kier molecular flexibility index (Phi) is 5.43. The minimum Gasteiger partial charge on any atom is -0.306 e. The maximum absolute atomic E-state index is 9.82. The fraction of sp³-hybridized carbons (Fsp3) is 0.429. The summed E-state index contributed by atoms with van der Waals surface area (Å²) in [6, 6.07) is 10.7. The lowest BCUT2D eigenvalue weighted by atomic mass is 9.99. The highest BCUT2D eigenvalue weighted by Gasteiger charge is 2.25. The minimum absolute atomic E-state index is 0.741. The number of nitriles is 1. The number of rotatable bonds is 7. The molecule has 26 heavy (non-hydrogen) atoms. The first-order valence-corrected chi connectivity index (χ1v) is 9.35. The van der Waals surface area contributed by atoms with E-state index in [1.807, 2.05) is 12.1 Å². The van der Waals surface area contributed by atoms with E-state index in [1.165, 1.54) is 5.56 Å². The molecule has 0 saturated heterocycles. The van der Waals surface area contributed by atoms with E-state index in [1.54, 1.807) is 0 Å². The maximum Gasteiger partial charge on any atom is 0.250 e.